The van der Waals surface area contributed by atoms with E-state index in [1.807, 2.05) is 42.5 Å². The Kier molecular flexibility index (Phi) is 12.9. The van der Waals surface area contributed by atoms with Crippen molar-refractivity contribution >= 4 is 33.6 Å². The minimum Gasteiger partial charge on any atom is -0.492 e. The zero-order valence-electron chi connectivity index (χ0n) is 27.6. The first-order chi connectivity index (χ1) is 23.0. The number of rotatable bonds is 15. The van der Waals surface area contributed by atoms with Crippen LogP contribution < -0.4 is 24.8 Å². The van der Waals surface area contributed by atoms with Gasteiger partial charge in [0.25, 0.3) is 0 Å². The van der Waals surface area contributed by atoms with Crippen molar-refractivity contribution in [1.82, 2.24) is 15.5 Å². The third-order valence-electron chi connectivity index (χ3n) is 8.33. The number of carbonyl (C=O) groups is 2. The number of carbonyl (C=O) groups excluding carboxylic acids is 2. The van der Waals surface area contributed by atoms with Gasteiger partial charge >= 0.3 is 12.2 Å². The molecule has 0 aliphatic carbocycles. The lowest BCUT2D eigenvalue weighted by Crippen LogP contribution is -2.33. The van der Waals surface area contributed by atoms with E-state index in [1.54, 1.807) is 11.3 Å². The first-order valence-electron chi connectivity index (χ1n) is 17.0. The number of likely N-dealkylation sites (tertiary alicyclic amines) is 1. The normalized spacial score (nSPS) is 13.3. The lowest BCUT2D eigenvalue weighted by atomic mass is 9.99. The minimum absolute atomic E-state index is 0.442. The Morgan fingerprint density at radius 1 is 0.766 bits per heavy atom. The monoisotopic (exact) mass is 657 g/mol. The van der Waals surface area contributed by atoms with E-state index in [2.05, 4.69) is 53.6 Å². The molecule has 2 heterocycles. The van der Waals surface area contributed by atoms with Crippen molar-refractivity contribution in [3.05, 3.63) is 77.9 Å². The van der Waals surface area contributed by atoms with Gasteiger partial charge in [0.05, 0.1) is 0 Å². The van der Waals surface area contributed by atoms with E-state index in [0.29, 0.717) is 31.2 Å². The van der Waals surface area contributed by atoms with Gasteiger partial charge in [0, 0.05) is 29.2 Å². The molecule has 1 saturated heterocycles. The van der Waals surface area contributed by atoms with Crippen LogP contribution in [-0.4, -0.2) is 56.4 Å². The summed E-state index contributed by atoms with van der Waals surface area (Å²) >= 11 is 1.66. The van der Waals surface area contributed by atoms with E-state index in [1.165, 1.54) is 43.5 Å². The minimum atomic E-state index is -0.445. The molecule has 9 heteroatoms. The third kappa shape index (κ3) is 10.2. The van der Waals surface area contributed by atoms with Crippen molar-refractivity contribution in [3.8, 4) is 27.7 Å². The molecule has 0 atom stereocenters. The van der Waals surface area contributed by atoms with E-state index in [4.69, 9.17) is 14.2 Å². The molecule has 1 fully saturated rings. The van der Waals surface area contributed by atoms with Crippen LogP contribution in [0, 0.1) is 0 Å². The van der Waals surface area contributed by atoms with Gasteiger partial charge in [0.15, 0.2) is 0 Å². The maximum Gasteiger partial charge on any atom is 0.412 e. The van der Waals surface area contributed by atoms with E-state index < -0.39 is 12.2 Å². The Hall–Kier alpha value is -4.08. The predicted octanol–water partition coefficient (Wildman–Crippen LogP) is 8.80. The van der Waals surface area contributed by atoms with Crippen LogP contribution in [0.25, 0.3) is 20.5 Å². The fourth-order valence-corrected chi connectivity index (χ4v) is 6.94. The van der Waals surface area contributed by atoms with Gasteiger partial charge in [0.2, 0.25) is 0 Å². The van der Waals surface area contributed by atoms with Gasteiger partial charge in [-0.25, -0.2) is 9.59 Å². The maximum absolute atomic E-state index is 12.3. The van der Waals surface area contributed by atoms with Crippen molar-refractivity contribution in [2.45, 2.75) is 65.2 Å². The van der Waals surface area contributed by atoms with Crippen LogP contribution >= 0.6 is 11.3 Å². The molecule has 5 rings (SSSR count). The topological polar surface area (TPSA) is 89.1 Å². The highest BCUT2D eigenvalue weighted by Gasteiger charge is 2.17. The van der Waals surface area contributed by atoms with Gasteiger partial charge in [-0.1, -0.05) is 45.2 Å². The lowest BCUT2D eigenvalue weighted by molar-refractivity contribution is 0.183. The zero-order chi connectivity index (χ0) is 32.8. The van der Waals surface area contributed by atoms with Gasteiger partial charge < -0.3 is 24.8 Å². The summed E-state index contributed by atoms with van der Waals surface area (Å²) < 4.78 is 18.2. The quantitative estimate of drug-likeness (QED) is 0.124. The van der Waals surface area contributed by atoms with Gasteiger partial charge in [-0.15, -0.1) is 11.3 Å². The Labute approximate surface area is 282 Å². The van der Waals surface area contributed by atoms with E-state index in [0.717, 1.165) is 64.9 Å². The number of hydrogen-bond acceptors (Lipinski definition) is 7. The number of amides is 2. The summed E-state index contributed by atoms with van der Waals surface area (Å²) in [6.07, 6.45) is 7.56. The molecule has 2 N–H and O–H groups in total. The summed E-state index contributed by atoms with van der Waals surface area (Å²) in [5, 5.41) is 6.71. The van der Waals surface area contributed by atoms with Crippen molar-refractivity contribution < 1.29 is 23.8 Å². The molecule has 3 aromatic carbocycles. The number of nitrogens with zero attached hydrogens (tertiary/aromatic N) is 1. The number of unbranched alkanes of at least 4 members (excludes halogenated alkanes) is 2. The molecule has 0 radical (unpaired) electrons. The number of nitrogens with one attached hydrogen (secondary N) is 2. The second-order valence-electron chi connectivity index (χ2n) is 12.0. The van der Waals surface area contributed by atoms with Crippen LogP contribution in [0.15, 0.2) is 66.7 Å². The highest BCUT2D eigenvalue weighted by molar-refractivity contribution is 7.22. The van der Waals surface area contributed by atoms with E-state index >= 15 is 0 Å². The first kappa shape index (κ1) is 34.3. The molecular formula is C38H47N3O5S. The Morgan fingerprint density at radius 2 is 1.38 bits per heavy atom. The summed E-state index contributed by atoms with van der Waals surface area (Å²) in [5.41, 5.74) is 3.39. The number of benzene rings is 3. The summed E-state index contributed by atoms with van der Waals surface area (Å²) in [7, 11) is 0. The Balaban J connectivity index is 1.33. The molecule has 1 aliphatic heterocycles. The number of ether oxygens (including phenoxy) is 3. The molecular weight excluding hydrogens is 611 g/mol. The molecule has 0 spiro atoms. The average Bonchev–Trinajstić information content (AvgIpc) is 3.43. The SMILES string of the molecule is CCCCNC(=O)Oc1ccc(-c2sc3cc(OC(=O)NCCCC)ccc3c2Cc2ccc(OCCN3CCCCC3)cc2)cc1. The highest BCUT2D eigenvalue weighted by atomic mass is 32.1. The van der Waals surface area contributed by atoms with E-state index in [-0.39, 0.29) is 0 Å². The van der Waals surface area contributed by atoms with Crippen LogP contribution in [0.5, 0.6) is 17.2 Å². The largest absolute Gasteiger partial charge is 0.492 e. The van der Waals surface area contributed by atoms with E-state index in [9.17, 15) is 9.59 Å². The number of thiophene rings is 1. The molecule has 0 bridgehead atoms. The summed E-state index contributed by atoms with van der Waals surface area (Å²) in [6, 6.07) is 21.8. The molecule has 1 aliphatic rings. The summed E-state index contributed by atoms with van der Waals surface area (Å²) in [6.45, 7) is 9.34. The molecule has 0 unspecified atom stereocenters. The van der Waals surface area contributed by atoms with Crippen molar-refractivity contribution in [1.29, 1.82) is 0 Å². The van der Waals surface area contributed by atoms with Crippen molar-refractivity contribution in [2.24, 2.45) is 0 Å². The predicted molar refractivity (Wildman–Crippen MR) is 190 cm³/mol. The smallest absolute Gasteiger partial charge is 0.412 e. The van der Waals surface area contributed by atoms with Crippen molar-refractivity contribution in [2.75, 3.05) is 39.3 Å². The van der Waals surface area contributed by atoms with Gasteiger partial charge in [0.1, 0.15) is 23.9 Å². The number of piperidine rings is 1. The van der Waals surface area contributed by atoms with Crippen molar-refractivity contribution in [3.63, 3.8) is 0 Å². The summed E-state index contributed by atoms with van der Waals surface area (Å²) in [4.78, 5) is 28.1. The fraction of sp³-hybridized carbons (Fsp3) is 0.421. The molecule has 47 heavy (non-hydrogen) atoms. The van der Waals surface area contributed by atoms with Crippen LogP contribution in [0.1, 0.15) is 69.9 Å². The lowest BCUT2D eigenvalue weighted by Gasteiger charge is -2.26. The Bertz CT molecular complexity index is 1580. The first-order valence-corrected chi connectivity index (χ1v) is 17.9. The second kappa shape index (κ2) is 17.7. The number of hydrogen-bond donors (Lipinski definition) is 2. The molecule has 0 saturated carbocycles. The van der Waals surface area contributed by atoms with Gasteiger partial charge in [-0.3, -0.25) is 4.90 Å². The van der Waals surface area contributed by atoms with Crippen LogP contribution in [0.4, 0.5) is 9.59 Å². The van der Waals surface area contributed by atoms with Crippen LogP contribution in [-0.2, 0) is 6.42 Å². The summed E-state index contributed by atoms with van der Waals surface area (Å²) in [5.74, 6) is 1.88. The van der Waals surface area contributed by atoms with Crippen LogP contribution in [0.3, 0.4) is 0 Å². The standard InChI is InChI=1S/C38H47N3O5S/c1-3-5-20-39-37(42)45-31-16-12-29(13-17-31)36-34(33-19-18-32(27-35(33)47-36)46-38(43)40-21-6-4-2)26-28-10-14-30(15-11-28)44-25-24-41-22-8-7-9-23-41/h10-19,27H,3-9,20-26H2,1-2H3,(H,39,42)(H,40,43). The van der Waals surface area contributed by atoms with Gasteiger partial charge in [-0.2, -0.15) is 0 Å². The molecule has 4 aromatic rings. The molecule has 8 nitrogen and oxygen atoms in total. The van der Waals surface area contributed by atoms with Crippen LogP contribution in [0.2, 0.25) is 0 Å². The highest BCUT2D eigenvalue weighted by Crippen LogP contribution is 2.42. The molecule has 1 aromatic heterocycles. The average molecular weight is 658 g/mol. The molecule has 2 amide bonds. The Morgan fingerprint density at radius 3 is 2.04 bits per heavy atom. The maximum atomic E-state index is 12.3. The number of fused-ring (bicyclic) bond motifs is 1. The van der Waals surface area contributed by atoms with Gasteiger partial charge in [-0.05, 0) is 122 Å². The second-order valence-corrected chi connectivity index (χ2v) is 13.1. The molecule has 250 valence electrons. The fourth-order valence-electron chi connectivity index (χ4n) is 5.68. The zero-order valence-corrected chi connectivity index (χ0v) is 28.5. The third-order valence-corrected chi connectivity index (χ3v) is 9.57.